The van der Waals surface area contributed by atoms with Crippen molar-refractivity contribution < 1.29 is 14.3 Å². The van der Waals surface area contributed by atoms with Crippen LogP contribution in [0.4, 0.5) is 0 Å². The minimum absolute atomic E-state index is 0.0368. The van der Waals surface area contributed by atoms with E-state index in [-0.39, 0.29) is 30.9 Å². The number of aryl methyl sites for hydroxylation is 1. The first kappa shape index (κ1) is 14.0. The number of nitrogens with one attached hydrogen (secondary N) is 1. The second kappa shape index (κ2) is 6.58. The lowest BCUT2D eigenvalue weighted by molar-refractivity contribution is -0.142. The topological polar surface area (TPSA) is 77.4 Å². The van der Waals surface area contributed by atoms with Crippen molar-refractivity contribution in [2.24, 2.45) is 7.05 Å². The van der Waals surface area contributed by atoms with Gasteiger partial charge in [-0.3, -0.25) is 14.4 Å². The molecule has 1 aromatic heterocycles. The predicted octanol–water partition coefficient (Wildman–Crippen LogP) is -0.0453. The Labute approximate surface area is 105 Å². The maximum Gasteiger partial charge on any atom is 0.306 e. The summed E-state index contributed by atoms with van der Waals surface area (Å²) in [5.41, 5.74) is 0.359. The van der Waals surface area contributed by atoms with Crippen LogP contribution in [0.5, 0.6) is 0 Å². The van der Waals surface area contributed by atoms with Gasteiger partial charge in [0.25, 0.3) is 5.56 Å². The van der Waals surface area contributed by atoms with Gasteiger partial charge in [-0.2, -0.15) is 0 Å². The molecule has 0 aliphatic rings. The number of carbonyl (C=O) groups excluding carboxylic acids is 2. The highest BCUT2D eigenvalue weighted by Crippen LogP contribution is 1.94. The molecule has 0 aliphatic heterocycles. The molecule has 1 heterocycles. The van der Waals surface area contributed by atoms with Crippen molar-refractivity contribution in [3.05, 3.63) is 34.2 Å². The fourth-order valence-corrected chi connectivity index (χ4v) is 1.39. The summed E-state index contributed by atoms with van der Waals surface area (Å²) < 4.78 is 5.87. The van der Waals surface area contributed by atoms with Crippen LogP contribution < -0.4 is 10.9 Å². The van der Waals surface area contributed by atoms with Crippen LogP contribution in [-0.4, -0.2) is 23.6 Å². The molecule has 0 saturated heterocycles. The molecular formula is C12H16N2O4. The van der Waals surface area contributed by atoms with E-state index < -0.39 is 5.97 Å². The largest absolute Gasteiger partial charge is 0.469 e. The van der Waals surface area contributed by atoms with E-state index in [0.29, 0.717) is 5.56 Å². The highest BCUT2D eigenvalue weighted by molar-refractivity contribution is 5.81. The van der Waals surface area contributed by atoms with Crippen LogP contribution >= 0.6 is 0 Å². The summed E-state index contributed by atoms with van der Waals surface area (Å²) in [6.07, 6.45) is 1.74. The number of rotatable bonds is 5. The minimum Gasteiger partial charge on any atom is -0.469 e. The molecule has 0 fully saturated rings. The summed E-state index contributed by atoms with van der Waals surface area (Å²) in [6.45, 7) is 0.160. The van der Waals surface area contributed by atoms with E-state index in [1.54, 1.807) is 25.4 Å². The monoisotopic (exact) mass is 252 g/mol. The van der Waals surface area contributed by atoms with Crippen molar-refractivity contribution in [1.82, 2.24) is 9.88 Å². The van der Waals surface area contributed by atoms with Crippen molar-refractivity contribution in [3.8, 4) is 0 Å². The molecule has 18 heavy (non-hydrogen) atoms. The molecule has 0 aromatic carbocycles. The van der Waals surface area contributed by atoms with Gasteiger partial charge in [-0.05, 0) is 6.07 Å². The van der Waals surface area contributed by atoms with Crippen LogP contribution in [0.15, 0.2) is 23.1 Å². The van der Waals surface area contributed by atoms with Crippen molar-refractivity contribution in [2.75, 3.05) is 7.11 Å². The molecule has 6 nitrogen and oxygen atoms in total. The Balaban J connectivity index is 2.45. The fourth-order valence-electron chi connectivity index (χ4n) is 1.39. The Hall–Kier alpha value is -2.11. The zero-order chi connectivity index (χ0) is 13.5. The molecule has 0 saturated carbocycles. The molecule has 0 aliphatic carbocycles. The van der Waals surface area contributed by atoms with Gasteiger partial charge in [0, 0.05) is 31.8 Å². The molecular weight excluding hydrogens is 236 g/mol. The lowest BCUT2D eigenvalue weighted by Gasteiger charge is -2.05. The summed E-state index contributed by atoms with van der Waals surface area (Å²) in [5, 5.41) is 2.59. The molecule has 1 N–H and O–H groups in total. The number of methoxy groups -OCH3 is 1. The van der Waals surface area contributed by atoms with Crippen molar-refractivity contribution in [3.63, 3.8) is 0 Å². The first-order chi connectivity index (χ1) is 8.54. The smallest absolute Gasteiger partial charge is 0.306 e. The number of pyridine rings is 1. The summed E-state index contributed by atoms with van der Waals surface area (Å²) in [5.74, 6) is -0.716. The normalized spacial score (nSPS) is 9.89. The second-order valence-electron chi connectivity index (χ2n) is 3.80. The molecule has 1 aromatic rings. The van der Waals surface area contributed by atoms with E-state index in [9.17, 15) is 14.4 Å². The summed E-state index contributed by atoms with van der Waals surface area (Å²) in [6, 6.07) is 3.39. The minimum atomic E-state index is -0.430. The Morgan fingerprint density at radius 3 is 2.78 bits per heavy atom. The van der Waals surface area contributed by atoms with Gasteiger partial charge in [0.05, 0.1) is 13.5 Å². The Morgan fingerprint density at radius 1 is 1.39 bits per heavy atom. The Kier molecular flexibility index (Phi) is 5.10. The van der Waals surface area contributed by atoms with E-state index in [4.69, 9.17) is 0 Å². The third kappa shape index (κ3) is 4.04. The first-order valence-corrected chi connectivity index (χ1v) is 5.52. The van der Waals surface area contributed by atoms with Gasteiger partial charge in [0.15, 0.2) is 0 Å². The molecule has 0 unspecified atom stereocenters. The summed E-state index contributed by atoms with van der Waals surface area (Å²) in [7, 11) is 2.92. The molecule has 1 rings (SSSR count). The number of aromatic nitrogens is 1. The van der Waals surface area contributed by atoms with Gasteiger partial charge in [-0.25, -0.2) is 0 Å². The molecule has 0 spiro atoms. The molecule has 6 heteroatoms. The second-order valence-corrected chi connectivity index (χ2v) is 3.80. The average Bonchev–Trinajstić information content (AvgIpc) is 2.37. The average molecular weight is 252 g/mol. The van der Waals surface area contributed by atoms with E-state index in [0.717, 1.165) is 0 Å². The molecule has 1 amide bonds. The molecule has 0 atom stereocenters. The van der Waals surface area contributed by atoms with Crippen LogP contribution in [0.3, 0.4) is 0 Å². The number of amides is 1. The third-order valence-electron chi connectivity index (χ3n) is 2.46. The van der Waals surface area contributed by atoms with E-state index >= 15 is 0 Å². The number of nitrogens with zero attached hydrogens (tertiary/aromatic N) is 1. The zero-order valence-corrected chi connectivity index (χ0v) is 10.4. The molecule has 0 radical (unpaired) electrons. The van der Waals surface area contributed by atoms with Gasteiger partial charge >= 0.3 is 5.97 Å². The highest BCUT2D eigenvalue weighted by Gasteiger charge is 2.07. The SMILES string of the molecule is COC(=O)CCC(=O)NCc1cccn(C)c1=O. The molecule has 98 valence electrons. The number of carbonyl (C=O) groups is 2. The summed E-state index contributed by atoms with van der Waals surface area (Å²) in [4.78, 5) is 33.9. The number of ether oxygens (including phenoxy) is 1. The van der Waals surface area contributed by atoms with E-state index in [2.05, 4.69) is 10.1 Å². The van der Waals surface area contributed by atoms with E-state index in [1.165, 1.54) is 11.7 Å². The van der Waals surface area contributed by atoms with Crippen LogP contribution in [-0.2, 0) is 27.9 Å². The first-order valence-electron chi connectivity index (χ1n) is 5.52. The maximum absolute atomic E-state index is 11.6. The van der Waals surface area contributed by atoms with Gasteiger partial charge in [0.2, 0.25) is 5.91 Å². The number of hydrogen-bond acceptors (Lipinski definition) is 4. The van der Waals surface area contributed by atoms with E-state index in [1.807, 2.05) is 0 Å². The van der Waals surface area contributed by atoms with Crippen LogP contribution in [0.2, 0.25) is 0 Å². The van der Waals surface area contributed by atoms with Gasteiger partial charge in [0.1, 0.15) is 0 Å². The fraction of sp³-hybridized carbons (Fsp3) is 0.417. The quantitative estimate of drug-likeness (QED) is 0.746. The zero-order valence-electron chi connectivity index (χ0n) is 10.4. The van der Waals surface area contributed by atoms with Crippen LogP contribution in [0.25, 0.3) is 0 Å². The van der Waals surface area contributed by atoms with Gasteiger partial charge < -0.3 is 14.6 Å². The van der Waals surface area contributed by atoms with Crippen molar-refractivity contribution in [1.29, 1.82) is 0 Å². The Morgan fingerprint density at radius 2 is 2.11 bits per heavy atom. The number of hydrogen-bond donors (Lipinski definition) is 1. The lowest BCUT2D eigenvalue weighted by Crippen LogP contribution is -2.29. The maximum atomic E-state index is 11.6. The van der Waals surface area contributed by atoms with Crippen molar-refractivity contribution >= 4 is 11.9 Å². The summed E-state index contributed by atoms with van der Waals surface area (Å²) >= 11 is 0. The van der Waals surface area contributed by atoms with Crippen LogP contribution in [0.1, 0.15) is 18.4 Å². The van der Waals surface area contributed by atoms with Crippen molar-refractivity contribution in [2.45, 2.75) is 19.4 Å². The van der Waals surface area contributed by atoms with Gasteiger partial charge in [-0.15, -0.1) is 0 Å². The third-order valence-corrected chi connectivity index (χ3v) is 2.46. The lowest BCUT2D eigenvalue weighted by atomic mass is 10.2. The van der Waals surface area contributed by atoms with Crippen LogP contribution in [0, 0.1) is 0 Å². The number of esters is 1. The van der Waals surface area contributed by atoms with Gasteiger partial charge in [-0.1, -0.05) is 6.07 Å². The predicted molar refractivity (Wildman–Crippen MR) is 64.8 cm³/mol. The highest BCUT2D eigenvalue weighted by atomic mass is 16.5. The Bertz CT molecular complexity index is 493. The molecule has 0 bridgehead atoms. The standard InChI is InChI=1S/C12H16N2O4/c1-14-7-3-4-9(12(14)17)8-13-10(15)5-6-11(16)18-2/h3-4,7H,5-6,8H2,1-2H3,(H,13,15).